The van der Waals surface area contributed by atoms with Crippen LogP contribution in [0.5, 0.6) is 5.75 Å². The number of halogens is 2. The van der Waals surface area contributed by atoms with Crippen LogP contribution < -0.4 is 15.4 Å². The molecule has 0 bridgehead atoms. The van der Waals surface area contributed by atoms with Crippen LogP contribution in [0.25, 0.3) is 0 Å². The molecule has 0 aliphatic carbocycles. The van der Waals surface area contributed by atoms with Crippen molar-refractivity contribution in [3.8, 4) is 5.75 Å². The summed E-state index contributed by atoms with van der Waals surface area (Å²) in [6.07, 6.45) is 0.117. The molecule has 0 radical (unpaired) electrons. The fourth-order valence-corrected chi connectivity index (χ4v) is 2.54. The highest BCUT2D eigenvalue weighted by Crippen LogP contribution is 2.18. The highest BCUT2D eigenvalue weighted by molar-refractivity contribution is 6.06. The van der Waals surface area contributed by atoms with E-state index in [0.717, 1.165) is 4.90 Å². The summed E-state index contributed by atoms with van der Waals surface area (Å²) in [6.45, 7) is -0.259. The molecule has 29 heavy (non-hydrogen) atoms. The molecular formula is C18H21F2N3O6. The minimum Gasteiger partial charge on any atom is -0.456 e. The molecule has 1 heterocycles. The van der Waals surface area contributed by atoms with Crippen molar-refractivity contribution in [1.82, 2.24) is 10.2 Å². The van der Waals surface area contributed by atoms with Gasteiger partial charge in [-0.05, 0) is 44.5 Å². The molecule has 0 unspecified atom stereocenters. The maximum absolute atomic E-state index is 12.1. The molecule has 158 valence electrons. The predicted molar refractivity (Wildman–Crippen MR) is 96.2 cm³/mol. The lowest BCUT2D eigenvalue weighted by atomic mass is 10.1. The number of imide groups is 1. The Bertz CT molecular complexity index is 782. The van der Waals surface area contributed by atoms with Crippen molar-refractivity contribution in [1.29, 1.82) is 0 Å². The Morgan fingerprint density at radius 1 is 1.21 bits per heavy atom. The smallest absolute Gasteiger partial charge is 0.387 e. The van der Waals surface area contributed by atoms with Gasteiger partial charge in [-0.25, -0.2) is 4.79 Å². The number of urea groups is 1. The lowest BCUT2D eigenvalue weighted by Crippen LogP contribution is -2.40. The van der Waals surface area contributed by atoms with E-state index in [1.54, 1.807) is 13.8 Å². The van der Waals surface area contributed by atoms with Crippen LogP contribution in [0.15, 0.2) is 24.3 Å². The van der Waals surface area contributed by atoms with E-state index in [2.05, 4.69) is 15.4 Å². The van der Waals surface area contributed by atoms with Crippen LogP contribution in [0.3, 0.4) is 0 Å². The standard InChI is InChI=1S/C18H21F2N3O6/c1-18(2)15(26)23(17(27)22-18)9-3-4-14(25)28-10-13(24)21-11-5-7-12(8-6-11)29-16(19)20/h5-8,16H,3-4,9-10H2,1-2H3,(H,21,24)(H,22,27). The Labute approximate surface area is 165 Å². The second-order valence-electron chi connectivity index (χ2n) is 6.73. The van der Waals surface area contributed by atoms with E-state index in [1.165, 1.54) is 24.3 Å². The molecule has 1 fully saturated rings. The number of esters is 1. The summed E-state index contributed by atoms with van der Waals surface area (Å²) in [5.74, 6) is -1.71. The SMILES string of the molecule is CC1(C)NC(=O)N(CCCC(=O)OCC(=O)Nc2ccc(OC(F)F)cc2)C1=O. The van der Waals surface area contributed by atoms with E-state index in [9.17, 15) is 28.0 Å². The molecule has 1 aliphatic heterocycles. The van der Waals surface area contributed by atoms with Crippen molar-refractivity contribution in [3.63, 3.8) is 0 Å². The van der Waals surface area contributed by atoms with Crippen LogP contribution in [0.1, 0.15) is 26.7 Å². The van der Waals surface area contributed by atoms with Crippen molar-refractivity contribution in [2.75, 3.05) is 18.5 Å². The van der Waals surface area contributed by atoms with Crippen molar-refractivity contribution < 1.29 is 37.4 Å². The second kappa shape index (κ2) is 9.30. The molecule has 4 amide bonds. The Hall–Kier alpha value is -3.24. The number of nitrogens with zero attached hydrogens (tertiary/aromatic N) is 1. The van der Waals surface area contributed by atoms with Gasteiger partial charge >= 0.3 is 18.6 Å². The summed E-state index contributed by atoms with van der Waals surface area (Å²) in [6, 6.07) is 4.71. The minimum atomic E-state index is -2.95. The summed E-state index contributed by atoms with van der Waals surface area (Å²) in [5, 5.41) is 4.96. The van der Waals surface area contributed by atoms with Crippen molar-refractivity contribution in [3.05, 3.63) is 24.3 Å². The lowest BCUT2D eigenvalue weighted by molar-refractivity contribution is -0.147. The monoisotopic (exact) mass is 413 g/mol. The molecule has 11 heteroatoms. The molecule has 1 aromatic rings. The average molecular weight is 413 g/mol. The van der Waals surface area contributed by atoms with Gasteiger partial charge in [0.25, 0.3) is 11.8 Å². The summed E-state index contributed by atoms with van der Waals surface area (Å²) in [7, 11) is 0. The fraction of sp³-hybridized carbons (Fsp3) is 0.444. The van der Waals surface area contributed by atoms with E-state index in [1.807, 2.05) is 0 Å². The number of rotatable bonds is 9. The van der Waals surface area contributed by atoms with Crippen LogP contribution in [-0.2, 0) is 19.1 Å². The molecule has 0 aromatic heterocycles. The first-order valence-electron chi connectivity index (χ1n) is 8.73. The van der Waals surface area contributed by atoms with E-state index < -0.39 is 36.7 Å². The van der Waals surface area contributed by atoms with E-state index in [-0.39, 0.29) is 31.0 Å². The summed E-state index contributed by atoms with van der Waals surface area (Å²) in [4.78, 5) is 48.2. The van der Waals surface area contributed by atoms with Crippen LogP contribution >= 0.6 is 0 Å². The van der Waals surface area contributed by atoms with E-state index >= 15 is 0 Å². The fourth-order valence-electron chi connectivity index (χ4n) is 2.54. The van der Waals surface area contributed by atoms with Gasteiger partial charge < -0.3 is 20.1 Å². The highest BCUT2D eigenvalue weighted by atomic mass is 19.3. The Kier molecular flexibility index (Phi) is 7.08. The maximum atomic E-state index is 12.1. The predicted octanol–water partition coefficient (Wildman–Crippen LogP) is 1.88. The molecule has 1 saturated heterocycles. The summed E-state index contributed by atoms with van der Waals surface area (Å²) in [5.41, 5.74) is -0.659. The normalized spacial score (nSPS) is 15.3. The van der Waals surface area contributed by atoms with Crippen LogP contribution in [-0.4, -0.2) is 54.0 Å². The number of hydrogen-bond acceptors (Lipinski definition) is 6. The number of carbonyl (C=O) groups is 4. The van der Waals surface area contributed by atoms with E-state index in [4.69, 9.17) is 4.74 Å². The van der Waals surface area contributed by atoms with Gasteiger partial charge in [0.1, 0.15) is 11.3 Å². The molecule has 2 N–H and O–H groups in total. The summed E-state index contributed by atoms with van der Waals surface area (Å²) >= 11 is 0. The number of anilines is 1. The third-order valence-electron chi connectivity index (χ3n) is 3.93. The van der Waals surface area contributed by atoms with Gasteiger partial charge in [0.15, 0.2) is 6.61 Å². The first kappa shape index (κ1) is 22.1. The van der Waals surface area contributed by atoms with Crippen LogP contribution in [0.4, 0.5) is 19.3 Å². The topological polar surface area (TPSA) is 114 Å². The third kappa shape index (κ3) is 6.40. The highest BCUT2D eigenvalue weighted by Gasteiger charge is 2.43. The Balaban J connectivity index is 1.68. The lowest BCUT2D eigenvalue weighted by Gasteiger charge is -2.15. The first-order chi connectivity index (χ1) is 13.6. The van der Waals surface area contributed by atoms with Crippen molar-refractivity contribution in [2.45, 2.75) is 38.8 Å². The van der Waals surface area contributed by atoms with Gasteiger partial charge in [-0.15, -0.1) is 0 Å². The van der Waals surface area contributed by atoms with Gasteiger partial charge in [0, 0.05) is 18.7 Å². The van der Waals surface area contributed by atoms with E-state index in [0.29, 0.717) is 5.69 Å². The molecule has 0 atom stereocenters. The van der Waals surface area contributed by atoms with Crippen LogP contribution in [0.2, 0.25) is 0 Å². The third-order valence-corrected chi connectivity index (χ3v) is 3.93. The number of benzene rings is 1. The van der Waals surface area contributed by atoms with Gasteiger partial charge in [-0.3, -0.25) is 19.3 Å². The van der Waals surface area contributed by atoms with Crippen LogP contribution in [0, 0.1) is 0 Å². The van der Waals surface area contributed by atoms with Gasteiger partial charge in [-0.2, -0.15) is 8.78 Å². The molecular weight excluding hydrogens is 392 g/mol. The number of amides is 4. The average Bonchev–Trinajstić information content (AvgIpc) is 2.82. The minimum absolute atomic E-state index is 0.0574. The number of carbonyl (C=O) groups excluding carboxylic acids is 4. The maximum Gasteiger partial charge on any atom is 0.387 e. The van der Waals surface area contributed by atoms with Gasteiger partial charge in [0.2, 0.25) is 0 Å². The molecule has 1 aliphatic rings. The number of nitrogens with one attached hydrogen (secondary N) is 2. The second-order valence-corrected chi connectivity index (χ2v) is 6.73. The quantitative estimate of drug-likeness (QED) is 0.472. The van der Waals surface area contributed by atoms with Crippen molar-refractivity contribution in [2.24, 2.45) is 0 Å². The zero-order chi connectivity index (χ0) is 21.6. The number of alkyl halides is 2. The molecule has 1 aromatic carbocycles. The molecule has 0 spiro atoms. The Morgan fingerprint density at radius 2 is 1.86 bits per heavy atom. The van der Waals surface area contributed by atoms with Gasteiger partial charge in [-0.1, -0.05) is 0 Å². The first-order valence-corrected chi connectivity index (χ1v) is 8.73. The number of ether oxygens (including phenoxy) is 2. The largest absolute Gasteiger partial charge is 0.456 e. The number of hydrogen-bond donors (Lipinski definition) is 2. The molecule has 9 nitrogen and oxygen atoms in total. The van der Waals surface area contributed by atoms with Gasteiger partial charge in [0.05, 0.1) is 0 Å². The zero-order valence-corrected chi connectivity index (χ0v) is 15.9. The molecule has 0 saturated carbocycles. The summed E-state index contributed by atoms with van der Waals surface area (Å²) < 4.78 is 33.2. The molecule has 2 rings (SSSR count). The van der Waals surface area contributed by atoms with Crippen molar-refractivity contribution >= 4 is 29.5 Å². The zero-order valence-electron chi connectivity index (χ0n) is 15.9. The Morgan fingerprint density at radius 3 is 2.41 bits per heavy atom.